The first-order chi connectivity index (χ1) is 11.6. The highest BCUT2D eigenvalue weighted by Crippen LogP contribution is 2.19. The van der Waals surface area contributed by atoms with Crippen LogP contribution in [0.4, 0.5) is 0 Å². The summed E-state index contributed by atoms with van der Waals surface area (Å²) in [6, 6.07) is 15.1. The minimum Gasteiger partial charge on any atom is -0.368 e. The molecule has 0 unspecified atom stereocenters. The quantitative estimate of drug-likeness (QED) is 0.752. The summed E-state index contributed by atoms with van der Waals surface area (Å²) in [5, 5.41) is 2.72. The maximum Gasteiger partial charge on any atom is 0.244 e. The monoisotopic (exact) mass is 322 g/mol. The first-order valence-corrected chi connectivity index (χ1v) is 7.64. The molecule has 24 heavy (non-hydrogen) atoms. The molecule has 0 spiro atoms. The van der Waals surface area contributed by atoms with Crippen molar-refractivity contribution >= 4 is 22.8 Å². The molecule has 0 fully saturated rings. The van der Waals surface area contributed by atoms with E-state index in [1.807, 2.05) is 30.3 Å². The van der Waals surface area contributed by atoms with Crippen LogP contribution in [0.1, 0.15) is 24.6 Å². The third-order valence-corrected chi connectivity index (χ3v) is 3.98. The summed E-state index contributed by atoms with van der Waals surface area (Å²) in [4.78, 5) is 28.6. The van der Waals surface area contributed by atoms with E-state index in [9.17, 15) is 9.59 Å². The molecule has 0 bridgehead atoms. The Balaban J connectivity index is 1.84. The van der Waals surface area contributed by atoms with E-state index in [0.717, 1.165) is 11.0 Å². The number of rotatable bonds is 5. The van der Waals surface area contributed by atoms with Crippen LogP contribution >= 0.6 is 0 Å². The first-order valence-electron chi connectivity index (χ1n) is 7.64. The summed E-state index contributed by atoms with van der Waals surface area (Å²) in [6.07, 6.45) is 1.62. The molecular weight excluding hydrogens is 304 g/mol. The number of benzene rings is 2. The van der Waals surface area contributed by atoms with Crippen molar-refractivity contribution in [2.24, 2.45) is 5.73 Å². The second-order valence-corrected chi connectivity index (χ2v) is 5.57. The van der Waals surface area contributed by atoms with Gasteiger partial charge in [0, 0.05) is 0 Å². The minimum absolute atomic E-state index is 0.300. The Hall–Kier alpha value is -3.15. The number of nitrogens with one attached hydrogen (secondary N) is 1. The van der Waals surface area contributed by atoms with Crippen molar-refractivity contribution in [1.82, 2.24) is 14.9 Å². The molecule has 122 valence electrons. The van der Waals surface area contributed by atoms with Crippen LogP contribution in [0.5, 0.6) is 0 Å². The Kier molecular flexibility index (Phi) is 4.29. The number of nitrogens with two attached hydrogens (primary N) is 1. The molecule has 0 aliphatic rings. The topological polar surface area (TPSA) is 90.0 Å². The van der Waals surface area contributed by atoms with Crippen molar-refractivity contribution in [3.05, 3.63) is 66.5 Å². The van der Waals surface area contributed by atoms with Crippen LogP contribution in [0.3, 0.4) is 0 Å². The van der Waals surface area contributed by atoms with E-state index in [2.05, 4.69) is 10.3 Å². The molecule has 2 atom stereocenters. The average molecular weight is 322 g/mol. The molecule has 2 amide bonds. The van der Waals surface area contributed by atoms with Crippen LogP contribution in [-0.4, -0.2) is 21.4 Å². The lowest BCUT2D eigenvalue weighted by Crippen LogP contribution is -2.40. The van der Waals surface area contributed by atoms with Crippen molar-refractivity contribution in [3.63, 3.8) is 0 Å². The van der Waals surface area contributed by atoms with Gasteiger partial charge in [-0.2, -0.15) is 0 Å². The highest BCUT2D eigenvalue weighted by Gasteiger charge is 2.24. The third kappa shape index (κ3) is 2.99. The second-order valence-electron chi connectivity index (χ2n) is 5.57. The van der Waals surface area contributed by atoms with E-state index in [1.165, 1.54) is 0 Å². The van der Waals surface area contributed by atoms with Gasteiger partial charge < -0.3 is 15.6 Å². The maximum atomic E-state index is 12.6. The number of hydrogen-bond acceptors (Lipinski definition) is 3. The number of carbonyl (C=O) groups is 2. The van der Waals surface area contributed by atoms with Gasteiger partial charge >= 0.3 is 0 Å². The van der Waals surface area contributed by atoms with Crippen molar-refractivity contribution in [2.45, 2.75) is 19.0 Å². The van der Waals surface area contributed by atoms with E-state index < -0.39 is 18.0 Å². The standard InChI is InChI=1S/C18H18N4O2/c1-12(22-11-20-14-9-5-6-10-15(14)22)18(24)21-16(17(19)23)13-7-3-2-4-8-13/h2-12,16H,1H3,(H2,19,23)(H,21,24)/t12-,16+/m0/s1. The number of imidazole rings is 1. The Morgan fingerprint density at radius 3 is 2.46 bits per heavy atom. The van der Waals surface area contributed by atoms with Crippen molar-refractivity contribution < 1.29 is 9.59 Å². The number of hydrogen-bond donors (Lipinski definition) is 2. The molecule has 3 N–H and O–H groups in total. The van der Waals surface area contributed by atoms with Crippen LogP contribution < -0.4 is 11.1 Å². The van der Waals surface area contributed by atoms with Gasteiger partial charge in [0.25, 0.3) is 0 Å². The number of fused-ring (bicyclic) bond motifs is 1. The number of nitrogens with zero attached hydrogens (tertiary/aromatic N) is 2. The van der Waals surface area contributed by atoms with Gasteiger partial charge in [0.1, 0.15) is 12.1 Å². The molecule has 2 aromatic carbocycles. The molecule has 0 saturated heterocycles. The zero-order chi connectivity index (χ0) is 17.1. The predicted molar refractivity (Wildman–Crippen MR) is 91.0 cm³/mol. The van der Waals surface area contributed by atoms with E-state index in [0.29, 0.717) is 5.56 Å². The second kappa shape index (κ2) is 6.54. The Morgan fingerprint density at radius 1 is 1.08 bits per heavy atom. The maximum absolute atomic E-state index is 12.6. The predicted octanol–water partition coefficient (Wildman–Crippen LogP) is 1.94. The highest BCUT2D eigenvalue weighted by atomic mass is 16.2. The van der Waals surface area contributed by atoms with Crippen molar-refractivity contribution in [1.29, 1.82) is 0 Å². The zero-order valence-corrected chi connectivity index (χ0v) is 13.2. The van der Waals surface area contributed by atoms with Gasteiger partial charge in [-0.25, -0.2) is 4.98 Å². The van der Waals surface area contributed by atoms with Gasteiger partial charge in [-0.05, 0) is 24.6 Å². The minimum atomic E-state index is -0.865. The number of amides is 2. The summed E-state index contributed by atoms with van der Waals surface area (Å²) in [5.74, 6) is -0.900. The molecule has 1 heterocycles. The van der Waals surface area contributed by atoms with Crippen LogP contribution in [-0.2, 0) is 9.59 Å². The van der Waals surface area contributed by atoms with E-state index in [4.69, 9.17) is 5.73 Å². The third-order valence-electron chi connectivity index (χ3n) is 3.98. The molecule has 3 rings (SSSR count). The molecule has 6 heteroatoms. The molecule has 0 aliphatic heterocycles. The Morgan fingerprint density at radius 2 is 1.75 bits per heavy atom. The Bertz CT molecular complexity index is 873. The normalized spacial score (nSPS) is 13.4. The van der Waals surface area contributed by atoms with Gasteiger partial charge in [0.2, 0.25) is 11.8 Å². The molecule has 3 aromatic rings. The lowest BCUT2D eigenvalue weighted by Gasteiger charge is -2.20. The van der Waals surface area contributed by atoms with E-state index >= 15 is 0 Å². The molecule has 6 nitrogen and oxygen atoms in total. The van der Waals surface area contributed by atoms with Crippen LogP contribution in [0, 0.1) is 0 Å². The van der Waals surface area contributed by atoms with Crippen molar-refractivity contribution in [3.8, 4) is 0 Å². The van der Waals surface area contributed by atoms with Crippen LogP contribution in [0.2, 0.25) is 0 Å². The van der Waals surface area contributed by atoms with Crippen LogP contribution in [0.15, 0.2) is 60.9 Å². The molecule has 0 aliphatic carbocycles. The van der Waals surface area contributed by atoms with Gasteiger partial charge in [0.05, 0.1) is 17.4 Å². The van der Waals surface area contributed by atoms with Gasteiger partial charge in [-0.1, -0.05) is 42.5 Å². The lowest BCUT2D eigenvalue weighted by atomic mass is 10.1. The number of aromatic nitrogens is 2. The summed E-state index contributed by atoms with van der Waals surface area (Å²) in [5.41, 5.74) is 7.78. The number of para-hydroxylation sites is 2. The fourth-order valence-corrected chi connectivity index (χ4v) is 2.64. The SMILES string of the molecule is C[C@@H](C(=O)N[C@@H](C(N)=O)c1ccccc1)n1cnc2ccccc21. The summed E-state index contributed by atoms with van der Waals surface area (Å²) >= 11 is 0. The smallest absolute Gasteiger partial charge is 0.244 e. The Labute approximate surface area is 139 Å². The summed E-state index contributed by atoms with van der Waals surface area (Å²) < 4.78 is 1.77. The zero-order valence-electron chi connectivity index (χ0n) is 13.2. The lowest BCUT2D eigenvalue weighted by molar-refractivity contribution is -0.129. The molecule has 0 radical (unpaired) electrons. The number of primary amides is 1. The van der Waals surface area contributed by atoms with Gasteiger partial charge in [-0.3, -0.25) is 9.59 Å². The average Bonchev–Trinajstić information content (AvgIpc) is 3.03. The number of carbonyl (C=O) groups excluding carboxylic acids is 2. The molecular formula is C18H18N4O2. The van der Waals surface area contributed by atoms with Crippen LogP contribution in [0.25, 0.3) is 11.0 Å². The fourth-order valence-electron chi connectivity index (χ4n) is 2.64. The summed E-state index contributed by atoms with van der Waals surface area (Å²) in [7, 11) is 0. The van der Waals surface area contributed by atoms with E-state index in [-0.39, 0.29) is 5.91 Å². The largest absolute Gasteiger partial charge is 0.368 e. The van der Waals surface area contributed by atoms with E-state index in [1.54, 1.807) is 42.1 Å². The highest BCUT2D eigenvalue weighted by molar-refractivity contribution is 5.90. The van der Waals surface area contributed by atoms with Crippen molar-refractivity contribution in [2.75, 3.05) is 0 Å². The fraction of sp³-hybridized carbons (Fsp3) is 0.167. The first kappa shape index (κ1) is 15.7. The summed E-state index contributed by atoms with van der Waals surface area (Å²) in [6.45, 7) is 1.76. The molecule has 0 saturated carbocycles. The molecule has 1 aromatic heterocycles. The van der Waals surface area contributed by atoms with Gasteiger partial charge in [0.15, 0.2) is 0 Å². The van der Waals surface area contributed by atoms with Gasteiger partial charge in [-0.15, -0.1) is 0 Å².